The van der Waals surface area contributed by atoms with Crippen LogP contribution in [-0.2, 0) is 11.2 Å². The van der Waals surface area contributed by atoms with Crippen molar-refractivity contribution >= 4 is 5.78 Å². The fourth-order valence-electron chi connectivity index (χ4n) is 1.17. The van der Waals surface area contributed by atoms with Crippen molar-refractivity contribution in [1.29, 1.82) is 0 Å². The number of carbonyl (C=O) groups excluding carboxylic acids is 1. The maximum absolute atomic E-state index is 13.1. The minimum atomic E-state index is -0.977. The van der Waals surface area contributed by atoms with Gasteiger partial charge in [0.15, 0.2) is 5.78 Å². The Hall–Kier alpha value is -1.22. The molecule has 0 aliphatic carbocycles. The van der Waals surface area contributed by atoms with Crippen LogP contribution < -0.4 is 0 Å². The van der Waals surface area contributed by atoms with Gasteiger partial charge in [0.1, 0.15) is 11.9 Å². The molecular formula is C11H13FO2. The van der Waals surface area contributed by atoms with Crippen LogP contribution in [0.25, 0.3) is 0 Å². The first-order valence-electron chi connectivity index (χ1n) is 4.59. The number of ketones is 1. The number of benzene rings is 1. The number of halogens is 1. The molecule has 0 saturated carbocycles. The molecule has 0 bridgehead atoms. The van der Waals surface area contributed by atoms with Gasteiger partial charge in [0.05, 0.1) is 0 Å². The predicted octanol–water partition coefficient (Wildman–Crippen LogP) is 1.71. The van der Waals surface area contributed by atoms with Crippen LogP contribution >= 0.6 is 0 Å². The molecule has 1 N–H and O–H groups in total. The van der Waals surface area contributed by atoms with Crippen LogP contribution in [0.3, 0.4) is 0 Å². The van der Waals surface area contributed by atoms with Crippen molar-refractivity contribution in [2.24, 2.45) is 0 Å². The highest BCUT2D eigenvalue weighted by Gasteiger charge is 2.14. The van der Waals surface area contributed by atoms with E-state index in [1.807, 2.05) is 0 Å². The molecule has 0 amide bonds. The fourth-order valence-corrected chi connectivity index (χ4v) is 1.17. The molecule has 2 nitrogen and oxygen atoms in total. The van der Waals surface area contributed by atoms with Crippen LogP contribution in [0.2, 0.25) is 0 Å². The lowest BCUT2D eigenvalue weighted by Gasteiger charge is -2.06. The summed E-state index contributed by atoms with van der Waals surface area (Å²) in [5.74, 6) is -0.734. The van der Waals surface area contributed by atoms with Crippen LogP contribution in [0.1, 0.15) is 18.9 Å². The maximum atomic E-state index is 13.1. The third-order valence-electron chi connectivity index (χ3n) is 2.08. The first kappa shape index (κ1) is 10.9. The van der Waals surface area contributed by atoms with Gasteiger partial charge in [0, 0.05) is 6.42 Å². The summed E-state index contributed by atoms with van der Waals surface area (Å²) in [6.45, 7) is 1.71. The Balaban J connectivity index is 2.70. The van der Waals surface area contributed by atoms with Crippen molar-refractivity contribution < 1.29 is 14.3 Å². The number of rotatable bonds is 4. The van der Waals surface area contributed by atoms with E-state index < -0.39 is 11.9 Å². The quantitative estimate of drug-likeness (QED) is 0.796. The third kappa shape index (κ3) is 2.64. The SMILES string of the molecule is CCC(O)C(=O)Cc1ccccc1F. The summed E-state index contributed by atoms with van der Waals surface area (Å²) in [5, 5.41) is 9.21. The molecule has 0 aliphatic heterocycles. The van der Waals surface area contributed by atoms with Crippen LogP contribution in [-0.4, -0.2) is 17.0 Å². The van der Waals surface area contributed by atoms with Crippen LogP contribution in [0, 0.1) is 5.82 Å². The lowest BCUT2D eigenvalue weighted by atomic mass is 10.0. The molecule has 0 fully saturated rings. The molecule has 0 spiro atoms. The number of hydrogen-bond donors (Lipinski definition) is 1. The van der Waals surface area contributed by atoms with Gasteiger partial charge >= 0.3 is 0 Å². The van der Waals surface area contributed by atoms with Gasteiger partial charge in [-0.15, -0.1) is 0 Å². The zero-order chi connectivity index (χ0) is 10.6. The average Bonchev–Trinajstić information content (AvgIpc) is 2.20. The van der Waals surface area contributed by atoms with E-state index in [1.165, 1.54) is 6.07 Å². The second-order valence-electron chi connectivity index (χ2n) is 3.16. The van der Waals surface area contributed by atoms with Gasteiger partial charge in [0.2, 0.25) is 0 Å². The highest BCUT2D eigenvalue weighted by Crippen LogP contribution is 2.09. The van der Waals surface area contributed by atoms with E-state index in [2.05, 4.69) is 0 Å². The Labute approximate surface area is 82.4 Å². The highest BCUT2D eigenvalue weighted by atomic mass is 19.1. The summed E-state index contributed by atoms with van der Waals surface area (Å²) in [6, 6.07) is 6.10. The van der Waals surface area contributed by atoms with Crippen molar-refractivity contribution in [2.75, 3.05) is 0 Å². The topological polar surface area (TPSA) is 37.3 Å². The van der Waals surface area contributed by atoms with E-state index >= 15 is 0 Å². The van der Waals surface area contributed by atoms with E-state index in [0.29, 0.717) is 12.0 Å². The first-order valence-corrected chi connectivity index (χ1v) is 4.59. The van der Waals surface area contributed by atoms with Gasteiger partial charge in [-0.1, -0.05) is 25.1 Å². The summed E-state index contributed by atoms with van der Waals surface area (Å²) in [7, 11) is 0. The Morgan fingerprint density at radius 1 is 1.50 bits per heavy atom. The summed E-state index contributed by atoms with van der Waals surface area (Å²) >= 11 is 0. The molecule has 0 radical (unpaired) electrons. The zero-order valence-electron chi connectivity index (χ0n) is 8.03. The molecule has 3 heteroatoms. The number of aliphatic hydroxyl groups is 1. The smallest absolute Gasteiger partial charge is 0.165 e. The largest absolute Gasteiger partial charge is 0.385 e. The van der Waals surface area contributed by atoms with Crippen molar-refractivity contribution in [3.8, 4) is 0 Å². The minimum Gasteiger partial charge on any atom is -0.385 e. The normalized spacial score (nSPS) is 12.5. The van der Waals surface area contributed by atoms with Crippen molar-refractivity contribution in [1.82, 2.24) is 0 Å². The molecule has 0 heterocycles. The van der Waals surface area contributed by atoms with Crippen LogP contribution in [0.15, 0.2) is 24.3 Å². The summed E-state index contributed by atoms with van der Waals surface area (Å²) in [5.41, 5.74) is 0.338. The molecule has 1 unspecified atom stereocenters. The number of Topliss-reactive ketones (excluding diaryl/α,β-unsaturated/α-hetero) is 1. The van der Waals surface area contributed by atoms with Gasteiger partial charge in [-0.25, -0.2) is 4.39 Å². The van der Waals surface area contributed by atoms with E-state index in [9.17, 15) is 14.3 Å². The second-order valence-corrected chi connectivity index (χ2v) is 3.16. The third-order valence-corrected chi connectivity index (χ3v) is 2.08. The average molecular weight is 196 g/mol. The second kappa shape index (κ2) is 4.86. The highest BCUT2D eigenvalue weighted by molar-refractivity contribution is 5.84. The number of carbonyl (C=O) groups is 1. The van der Waals surface area contributed by atoms with Gasteiger partial charge < -0.3 is 5.11 Å². The van der Waals surface area contributed by atoms with E-state index in [-0.39, 0.29) is 12.2 Å². The standard InChI is InChI=1S/C11H13FO2/c1-2-10(13)11(14)7-8-5-3-4-6-9(8)12/h3-6,10,13H,2,7H2,1H3. The molecule has 0 saturated heterocycles. The van der Waals surface area contributed by atoms with E-state index in [0.717, 1.165) is 0 Å². The Kier molecular flexibility index (Phi) is 3.77. The van der Waals surface area contributed by atoms with Gasteiger partial charge in [0.25, 0.3) is 0 Å². The lowest BCUT2D eigenvalue weighted by Crippen LogP contribution is -2.21. The monoisotopic (exact) mass is 196 g/mol. The Morgan fingerprint density at radius 3 is 2.71 bits per heavy atom. The Morgan fingerprint density at radius 2 is 2.14 bits per heavy atom. The van der Waals surface area contributed by atoms with Crippen molar-refractivity contribution in [2.45, 2.75) is 25.9 Å². The molecule has 1 atom stereocenters. The summed E-state index contributed by atoms with van der Waals surface area (Å²) in [6.07, 6.45) is -0.649. The molecule has 0 aromatic heterocycles. The van der Waals surface area contributed by atoms with Crippen LogP contribution in [0.5, 0.6) is 0 Å². The van der Waals surface area contributed by atoms with E-state index in [4.69, 9.17) is 0 Å². The molecule has 0 aliphatic rings. The summed E-state index contributed by atoms with van der Waals surface area (Å²) < 4.78 is 13.1. The van der Waals surface area contributed by atoms with Gasteiger partial charge in [-0.3, -0.25) is 4.79 Å². The first-order chi connectivity index (χ1) is 6.65. The molecule has 1 aromatic rings. The molecule has 1 aromatic carbocycles. The van der Waals surface area contributed by atoms with Crippen molar-refractivity contribution in [3.05, 3.63) is 35.6 Å². The number of hydrogen-bond acceptors (Lipinski definition) is 2. The lowest BCUT2D eigenvalue weighted by molar-refractivity contribution is -0.126. The van der Waals surface area contributed by atoms with Crippen LogP contribution in [0.4, 0.5) is 4.39 Å². The summed E-state index contributed by atoms with van der Waals surface area (Å²) in [4.78, 5) is 11.3. The molecule has 14 heavy (non-hydrogen) atoms. The zero-order valence-corrected chi connectivity index (χ0v) is 8.03. The predicted molar refractivity (Wildman–Crippen MR) is 51.4 cm³/mol. The van der Waals surface area contributed by atoms with Crippen molar-refractivity contribution in [3.63, 3.8) is 0 Å². The molecular weight excluding hydrogens is 183 g/mol. The maximum Gasteiger partial charge on any atom is 0.165 e. The molecule has 1 rings (SSSR count). The molecule has 76 valence electrons. The van der Waals surface area contributed by atoms with Gasteiger partial charge in [-0.05, 0) is 18.1 Å². The fraction of sp³-hybridized carbons (Fsp3) is 0.364. The Bertz CT molecular complexity index is 323. The van der Waals surface area contributed by atoms with E-state index in [1.54, 1.807) is 25.1 Å². The minimum absolute atomic E-state index is 0.0400. The number of aliphatic hydroxyl groups excluding tert-OH is 1. The van der Waals surface area contributed by atoms with Gasteiger partial charge in [-0.2, -0.15) is 0 Å².